The van der Waals surface area contributed by atoms with Crippen LogP contribution in [0.5, 0.6) is 5.75 Å². The average molecular weight is 329 g/mol. The Morgan fingerprint density at radius 3 is 2.96 bits per heavy atom. The van der Waals surface area contributed by atoms with Crippen LogP contribution in [0.25, 0.3) is 0 Å². The summed E-state index contributed by atoms with van der Waals surface area (Å²) < 4.78 is 5.78. The lowest BCUT2D eigenvalue weighted by atomic mass is 9.99. The Bertz CT molecular complexity index is 717. The van der Waals surface area contributed by atoms with E-state index in [1.54, 1.807) is 0 Å². The lowest BCUT2D eigenvalue weighted by Crippen LogP contribution is -2.17. The fourth-order valence-corrected chi connectivity index (χ4v) is 3.80. The van der Waals surface area contributed by atoms with Gasteiger partial charge in [0.1, 0.15) is 5.75 Å². The molecule has 2 aromatic carbocycles. The number of rotatable bonds is 3. The van der Waals surface area contributed by atoms with Crippen LogP contribution in [-0.2, 0) is 12.8 Å². The first kappa shape index (κ1) is 14.9. The number of benzene rings is 2. The van der Waals surface area contributed by atoms with Crippen LogP contribution in [0.4, 0.5) is 5.69 Å². The molecule has 2 heterocycles. The van der Waals surface area contributed by atoms with E-state index in [0.29, 0.717) is 5.92 Å². The van der Waals surface area contributed by atoms with Gasteiger partial charge in [0.2, 0.25) is 0 Å². The molecule has 0 aliphatic carbocycles. The minimum atomic E-state index is 0.377. The third-order valence-electron chi connectivity index (χ3n) is 4.81. The van der Waals surface area contributed by atoms with Crippen molar-refractivity contribution in [2.24, 2.45) is 0 Å². The summed E-state index contributed by atoms with van der Waals surface area (Å²) in [6, 6.07) is 12.5. The molecule has 1 unspecified atom stereocenters. The third kappa shape index (κ3) is 2.91. The van der Waals surface area contributed by atoms with Crippen molar-refractivity contribution in [3.8, 4) is 5.75 Å². The van der Waals surface area contributed by atoms with Crippen molar-refractivity contribution in [3.05, 3.63) is 58.1 Å². The smallest absolute Gasteiger partial charge is 0.122 e. The van der Waals surface area contributed by atoms with Crippen LogP contribution in [0.2, 0.25) is 5.02 Å². The molecule has 2 aliphatic heterocycles. The second-order valence-corrected chi connectivity index (χ2v) is 6.64. The van der Waals surface area contributed by atoms with E-state index in [4.69, 9.17) is 16.3 Å². The molecule has 2 aliphatic rings. The highest BCUT2D eigenvalue weighted by Crippen LogP contribution is 2.35. The topological polar surface area (TPSA) is 33.3 Å². The van der Waals surface area contributed by atoms with Gasteiger partial charge in [-0.05, 0) is 49.2 Å². The molecule has 0 radical (unpaired) electrons. The molecule has 0 amide bonds. The van der Waals surface area contributed by atoms with Gasteiger partial charge < -0.3 is 15.4 Å². The molecule has 0 aromatic heterocycles. The first-order valence-corrected chi connectivity index (χ1v) is 8.67. The molecular weight excluding hydrogens is 308 g/mol. The van der Waals surface area contributed by atoms with E-state index in [1.807, 2.05) is 18.2 Å². The van der Waals surface area contributed by atoms with E-state index in [0.717, 1.165) is 55.5 Å². The normalized spacial score (nSPS) is 19.4. The van der Waals surface area contributed by atoms with Crippen LogP contribution < -0.4 is 15.4 Å². The molecule has 2 N–H and O–H groups in total. The highest BCUT2D eigenvalue weighted by molar-refractivity contribution is 6.33. The van der Waals surface area contributed by atoms with Crippen LogP contribution in [0.1, 0.15) is 22.6 Å². The van der Waals surface area contributed by atoms with Gasteiger partial charge in [-0.25, -0.2) is 0 Å². The maximum atomic E-state index is 6.49. The third-order valence-corrected chi connectivity index (χ3v) is 5.12. The number of hydrogen-bond donors (Lipinski definition) is 2. The maximum Gasteiger partial charge on any atom is 0.122 e. The van der Waals surface area contributed by atoms with E-state index in [9.17, 15) is 0 Å². The fraction of sp³-hybridized carbons (Fsp3) is 0.368. The molecule has 4 heteroatoms. The van der Waals surface area contributed by atoms with Gasteiger partial charge in [0, 0.05) is 18.0 Å². The number of nitrogens with one attached hydrogen (secondary N) is 2. The van der Waals surface area contributed by atoms with E-state index >= 15 is 0 Å². The molecule has 120 valence electrons. The van der Waals surface area contributed by atoms with Gasteiger partial charge in [-0.2, -0.15) is 0 Å². The lowest BCUT2D eigenvalue weighted by Gasteiger charge is -2.18. The van der Waals surface area contributed by atoms with Crippen LogP contribution >= 0.6 is 11.6 Å². The first-order chi connectivity index (χ1) is 11.3. The number of hydrogen-bond acceptors (Lipinski definition) is 3. The quantitative estimate of drug-likeness (QED) is 0.903. The van der Waals surface area contributed by atoms with Gasteiger partial charge in [0.15, 0.2) is 0 Å². The van der Waals surface area contributed by atoms with Gasteiger partial charge in [0.05, 0.1) is 17.3 Å². The highest BCUT2D eigenvalue weighted by Gasteiger charge is 2.24. The molecule has 0 saturated heterocycles. The number of fused-ring (bicyclic) bond motifs is 2. The fourth-order valence-electron chi connectivity index (χ4n) is 3.56. The van der Waals surface area contributed by atoms with Crippen molar-refractivity contribution >= 4 is 17.3 Å². The van der Waals surface area contributed by atoms with Crippen molar-refractivity contribution in [2.75, 3.05) is 31.6 Å². The Morgan fingerprint density at radius 2 is 2.00 bits per heavy atom. The molecule has 4 rings (SSSR count). The van der Waals surface area contributed by atoms with E-state index in [2.05, 4.69) is 28.8 Å². The zero-order chi connectivity index (χ0) is 15.6. The average Bonchev–Trinajstić information content (AvgIpc) is 2.83. The molecule has 3 nitrogen and oxygen atoms in total. The minimum Gasteiger partial charge on any atom is -0.493 e. The first-order valence-electron chi connectivity index (χ1n) is 8.29. The minimum absolute atomic E-state index is 0.377. The Morgan fingerprint density at radius 1 is 1.13 bits per heavy atom. The molecule has 2 aromatic rings. The predicted molar refractivity (Wildman–Crippen MR) is 94.9 cm³/mol. The number of anilines is 1. The molecule has 1 atom stereocenters. The summed E-state index contributed by atoms with van der Waals surface area (Å²) in [6.07, 6.45) is 2.09. The molecular formula is C19H21ClN2O. The largest absolute Gasteiger partial charge is 0.493 e. The maximum absolute atomic E-state index is 6.49. The van der Waals surface area contributed by atoms with E-state index in [-0.39, 0.29) is 0 Å². The molecule has 0 bridgehead atoms. The van der Waals surface area contributed by atoms with Crippen LogP contribution in [0, 0.1) is 0 Å². The molecule has 0 fully saturated rings. The van der Waals surface area contributed by atoms with E-state index in [1.165, 1.54) is 16.7 Å². The van der Waals surface area contributed by atoms with Gasteiger partial charge in [-0.15, -0.1) is 0 Å². The van der Waals surface area contributed by atoms with Gasteiger partial charge >= 0.3 is 0 Å². The van der Waals surface area contributed by atoms with E-state index < -0.39 is 0 Å². The summed E-state index contributed by atoms with van der Waals surface area (Å²) in [5.41, 5.74) is 5.18. The Kier molecular flexibility index (Phi) is 4.15. The van der Waals surface area contributed by atoms with Crippen LogP contribution in [0.3, 0.4) is 0 Å². The van der Waals surface area contributed by atoms with Crippen molar-refractivity contribution < 1.29 is 4.74 Å². The predicted octanol–water partition coefficient (Wildman–Crippen LogP) is 3.62. The summed E-state index contributed by atoms with van der Waals surface area (Å²) >= 11 is 6.49. The summed E-state index contributed by atoms with van der Waals surface area (Å²) in [5, 5.41) is 7.89. The molecule has 0 spiro atoms. The van der Waals surface area contributed by atoms with Gasteiger partial charge in [-0.3, -0.25) is 0 Å². The molecule has 0 saturated carbocycles. The van der Waals surface area contributed by atoms with Gasteiger partial charge in [0.25, 0.3) is 0 Å². The van der Waals surface area contributed by atoms with Crippen molar-refractivity contribution in [2.45, 2.75) is 18.8 Å². The van der Waals surface area contributed by atoms with Crippen molar-refractivity contribution in [1.82, 2.24) is 5.32 Å². The van der Waals surface area contributed by atoms with Gasteiger partial charge in [-0.1, -0.05) is 35.9 Å². The molecule has 23 heavy (non-hydrogen) atoms. The summed E-state index contributed by atoms with van der Waals surface area (Å²) in [6.45, 7) is 3.64. The summed E-state index contributed by atoms with van der Waals surface area (Å²) in [7, 11) is 0. The van der Waals surface area contributed by atoms with Crippen LogP contribution in [0.15, 0.2) is 36.4 Å². The Balaban J connectivity index is 1.56. The number of ether oxygens (including phenoxy) is 1. The second kappa shape index (κ2) is 6.42. The summed E-state index contributed by atoms with van der Waals surface area (Å²) in [5.74, 6) is 1.39. The van der Waals surface area contributed by atoms with Crippen molar-refractivity contribution in [3.63, 3.8) is 0 Å². The van der Waals surface area contributed by atoms with Crippen LogP contribution in [-0.4, -0.2) is 26.2 Å². The monoisotopic (exact) mass is 328 g/mol. The number of para-hydroxylation sites is 1. The summed E-state index contributed by atoms with van der Waals surface area (Å²) in [4.78, 5) is 0. The Labute approximate surface area is 142 Å². The zero-order valence-electron chi connectivity index (χ0n) is 13.1. The highest BCUT2D eigenvalue weighted by atomic mass is 35.5. The second-order valence-electron chi connectivity index (χ2n) is 6.24. The number of halogens is 1. The SMILES string of the molecule is Clc1ccc2c(c1NCC1COc3ccccc31)CCNCC2. The zero-order valence-corrected chi connectivity index (χ0v) is 13.8. The lowest BCUT2D eigenvalue weighted by molar-refractivity contribution is 0.334. The standard InChI is InChI=1S/C19H21ClN2O/c20-17-6-5-13-7-9-21-10-8-16(13)19(17)22-11-14-12-23-18-4-2-1-3-15(14)18/h1-6,14,21-22H,7-12H2. The Hall–Kier alpha value is -1.71. The van der Waals surface area contributed by atoms with Crippen molar-refractivity contribution in [1.29, 1.82) is 0 Å².